The molecule has 1 aromatic rings. The van der Waals surface area contributed by atoms with Crippen LogP contribution in [0.3, 0.4) is 0 Å². The molecule has 2 unspecified atom stereocenters. The van der Waals surface area contributed by atoms with Crippen LogP contribution in [0.5, 0.6) is 0 Å². The van der Waals surface area contributed by atoms with E-state index in [2.05, 4.69) is 39.5 Å². The number of amides is 1. The predicted octanol–water partition coefficient (Wildman–Crippen LogP) is 5.65. The summed E-state index contributed by atoms with van der Waals surface area (Å²) >= 11 is 0. The lowest BCUT2D eigenvalue weighted by Crippen LogP contribution is -2.51. The van der Waals surface area contributed by atoms with Gasteiger partial charge in [0.15, 0.2) is 0 Å². The van der Waals surface area contributed by atoms with Crippen LogP contribution in [-0.2, 0) is 4.74 Å². The summed E-state index contributed by atoms with van der Waals surface area (Å²) in [6.07, 6.45) is 5.96. The first kappa shape index (κ1) is 20.0. The van der Waals surface area contributed by atoms with Crippen molar-refractivity contribution in [2.75, 3.05) is 0 Å². The predicted molar refractivity (Wildman–Crippen MR) is 104 cm³/mol. The molecular weight excluding hydrogens is 310 g/mol. The van der Waals surface area contributed by atoms with Gasteiger partial charge in [-0.05, 0) is 37.3 Å². The Labute approximate surface area is 153 Å². The van der Waals surface area contributed by atoms with Gasteiger partial charge in [0.1, 0.15) is 6.23 Å². The Kier molecular flexibility index (Phi) is 7.06. The number of ether oxygens (including phenoxy) is 1. The zero-order valence-corrected chi connectivity index (χ0v) is 16.6. The summed E-state index contributed by atoms with van der Waals surface area (Å²) in [6, 6.07) is 9.82. The van der Waals surface area contributed by atoms with Gasteiger partial charge in [0.05, 0.1) is 11.6 Å². The molecule has 3 heteroatoms. The Bertz CT molecular complexity index is 536. The second-order valence-corrected chi connectivity index (χ2v) is 7.45. The molecule has 1 aromatic carbocycles. The van der Waals surface area contributed by atoms with E-state index in [1.807, 2.05) is 30.3 Å². The van der Waals surface area contributed by atoms with Crippen molar-refractivity contribution >= 4 is 5.91 Å². The standard InChI is InChI=1S/C22H35NO2/c1-6-15-22(16-7-2)20(17(5)8-3)23(19(9-4)25-22)21(24)18-13-11-10-12-14-18/h10-14,17,19-20H,6-9,15-16H2,1-5H3/t17?,19?,20-/m0/s1. The van der Waals surface area contributed by atoms with Crippen LogP contribution in [0.15, 0.2) is 30.3 Å². The molecular formula is C22H35NO2. The van der Waals surface area contributed by atoms with E-state index in [-0.39, 0.29) is 23.8 Å². The lowest BCUT2D eigenvalue weighted by atomic mass is 9.78. The van der Waals surface area contributed by atoms with Crippen molar-refractivity contribution in [1.29, 1.82) is 0 Å². The highest BCUT2D eigenvalue weighted by atomic mass is 16.5. The zero-order chi connectivity index (χ0) is 18.4. The molecule has 25 heavy (non-hydrogen) atoms. The van der Waals surface area contributed by atoms with Gasteiger partial charge in [-0.1, -0.05) is 72.1 Å². The minimum atomic E-state index is -0.204. The third-order valence-corrected chi connectivity index (χ3v) is 5.65. The van der Waals surface area contributed by atoms with Crippen LogP contribution in [0.1, 0.15) is 83.5 Å². The first-order valence-corrected chi connectivity index (χ1v) is 10.1. The van der Waals surface area contributed by atoms with Crippen LogP contribution in [0.25, 0.3) is 0 Å². The minimum Gasteiger partial charge on any atom is -0.350 e. The maximum absolute atomic E-state index is 13.4. The Morgan fingerprint density at radius 1 is 1.12 bits per heavy atom. The monoisotopic (exact) mass is 345 g/mol. The lowest BCUT2D eigenvalue weighted by Gasteiger charge is -2.39. The summed E-state index contributed by atoms with van der Waals surface area (Å²) < 4.78 is 6.67. The van der Waals surface area contributed by atoms with Gasteiger partial charge < -0.3 is 9.64 Å². The lowest BCUT2D eigenvalue weighted by molar-refractivity contribution is -0.0709. The Morgan fingerprint density at radius 2 is 1.72 bits per heavy atom. The number of hydrogen-bond acceptors (Lipinski definition) is 2. The van der Waals surface area contributed by atoms with Crippen molar-refractivity contribution in [1.82, 2.24) is 4.90 Å². The molecule has 140 valence electrons. The maximum Gasteiger partial charge on any atom is 0.256 e. The number of rotatable bonds is 8. The van der Waals surface area contributed by atoms with Gasteiger partial charge in [0, 0.05) is 5.56 Å². The van der Waals surface area contributed by atoms with Crippen molar-refractivity contribution in [2.24, 2.45) is 5.92 Å². The summed E-state index contributed by atoms with van der Waals surface area (Å²) in [7, 11) is 0. The fourth-order valence-electron chi connectivity index (χ4n) is 4.50. The average Bonchev–Trinajstić information content (AvgIpc) is 2.96. The number of benzene rings is 1. The molecule has 1 amide bonds. The molecule has 0 spiro atoms. The molecule has 0 aromatic heterocycles. The van der Waals surface area contributed by atoms with E-state index in [1.54, 1.807) is 0 Å². The van der Waals surface area contributed by atoms with E-state index >= 15 is 0 Å². The van der Waals surface area contributed by atoms with E-state index in [0.717, 1.165) is 44.1 Å². The average molecular weight is 346 g/mol. The summed E-state index contributed by atoms with van der Waals surface area (Å²) in [6.45, 7) is 11.1. The first-order chi connectivity index (χ1) is 12.0. The van der Waals surface area contributed by atoms with Crippen LogP contribution >= 0.6 is 0 Å². The molecule has 0 radical (unpaired) electrons. The normalized spacial score (nSPS) is 23.6. The van der Waals surface area contributed by atoms with E-state index in [1.165, 1.54) is 0 Å². The molecule has 0 bridgehead atoms. The maximum atomic E-state index is 13.4. The van der Waals surface area contributed by atoms with Gasteiger partial charge >= 0.3 is 0 Å². The molecule has 2 rings (SSSR count). The van der Waals surface area contributed by atoms with Crippen LogP contribution in [-0.4, -0.2) is 28.7 Å². The Morgan fingerprint density at radius 3 is 2.20 bits per heavy atom. The van der Waals surface area contributed by atoms with Crippen molar-refractivity contribution in [2.45, 2.75) is 91.0 Å². The molecule has 3 nitrogen and oxygen atoms in total. The topological polar surface area (TPSA) is 29.5 Å². The quantitative estimate of drug-likeness (QED) is 0.609. The number of carbonyl (C=O) groups excluding carboxylic acids is 1. The second-order valence-electron chi connectivity index (χ2n) is 7.45. The number of carbonyl (C=O) groups is 1. The van der Waals surface area contributed by atoms with Gasteiger partial charge in [0.2, 0.25) is 0 Å². The summed E-state index contributed by atoms with van der Waals surface area (Å²) in [5.74, 6) is 0.536. The highest BCUT2D eigenvalue weighted by Gasteiger charge is 2.54. The fourth-order valence-corrected chi connectivity index (χ4v) is 4.50. The molecule has 0 N–H and O–H groups in total. The number of nitrogens with zero attached hydrogens (tertiary/aromatic N) is 1. The van der Waals surface area contributed by atoms with E-state index in [9.17, 15) is 4.79 Å². The molecule has 0 aliphatic carbocycles. The summed E-state index contributed by atoms with van der Waals surface area (Å²) in [5.41, 5.74) is 0.561. The molecule has 1 heterocycles. The van der Waals surface area contributed by atoms with Gasteiger partial charge in [-0.15, -0.1) is 0 Å². The van der Waals surface area contributed by atoms with Crippen molar-refractivity contribution in [3.63, 3.8) is 0 Å². The highest BCUT2D eigenvalue weighted by Crippen LogP contribution is 2.45. The van der Waals surface area contributed by atoms with Crippen molar-refractivity contribution < 1.29 is 9.53 Å². The third-order valence-electron chi connectivity index (χ3n) is 5.65. The number of hydrogen-bond donors (Lipinski definition) is 0. The van der Waals surface area contributed by atoms with Gasteiger partial charge in [-0.2, -0.15) is 0 Å². The molecule has 3 atom stereocenters. The largest absolute Gasteiger partial charge is 0.350 e. The summed E-state index contributed by atoms with van der Waals surface area (Å²) in [5, 5.41) is 0. The van der Waals surface area contributed by atoms with Gasteiger partial charge in [-0.25, -0.2) is 0 Å². The SMILES string of the molecule is CCCC1(CCC)OC(CC)N(C(=O)c2ccccc2)[C@H]1C(C)CC. The molecule has 0 saturated carbocycles. The zero-order valence-electron chi connectivity index (χ0n) is 16.6. The fraction of sp³-hybridized carbons (Fsp3) is 0.682. The van der Waals surface area contributed by atoms with Gasteiger partial charge in [0.25, 0.3) is 5.91 Å². The van der Waals surface area contributed by atoms with E-state index < -0.39 is 0 Å². The Hall–Kier alpha value is -1.35. The van der Waals surface area contributed by atoms with Gasteiger partial charge in [-0.3, -0.25) is 4.79 Å². The van der Waals surface area contributed by atoms with E-state index in [4.69, 9.17) is 4.74 Å². The van der Waals surface area contributed by atoms with E-state index in [0.29, 0.717) is 5.92 Å². The second kappa shape index (κ2) is 8.84. The highest BCUT2D eigenvalue weighted by molar-refractivity contribution is 5.94. The van der Waals surface area contributed by atoms with Crippen LogP contribution in [0, 0.1) is 5.92 Å². The Balaban J connectivity index is 2.48. The molecule has 1 aliphatic heterocycles. The van der Waals surface area contributed by atoms with Crippen molar-refractivity contribution in [3.8, 4) is 0 Å². The molecule has 1 aliphatic rings. The van der Waals surface area contributed by atoms with Crippen LogP contribution in [0.2, 0.25) is 0 Å². The first-order valence-electron chi connectivity index (χ1n) is 10.1. The third kappa shape index (κ3) is 3.92. The smallest absolute Gasteiger partial charge is 0.256 e. The molecule has 1 fully saturated rings. The minimum absolute atomic E-state index is 0.117. The van der Waals surface area contributed by atoms with Crippen LogP contribution < -0.4 is 0 Å². The van der Waals surface area contributed by atoms with Crippen LogP contribution in [0.4, 0.5) is 0 Å². The molecule has 1 saturated heterocycles. The van der Waals surface area contributed by atoms with Crippen molar-refractivity contribution in [3.05, 3.63) is 35.9 Å². The summed E-state index contributed by atoms with van der Waals surface area (Å²) in [4.78, 5) is 15.5.